The van der Waals surface area contributed by atoms with E-state index in [0.29, 0.717) is 0 Å². The molecule has 0 saturated heterocycles. The summed E-state index contributed by atoms with van der Waals surface area (Å²) in [7, 11) is 0. The molecule has 0 radical (unpaired) electrons. The van der Waals surface area contributed by atoms with Gasteiger partial charge in [-0.25, -0.2) is 0 Å². The summed E-state index contributed by atoms with van der Waals surface area (Å²) in [5.41, 5.74) is 14.6. The molecule has 3 aliphatic heterocycles. The Bertz CT molecular complexity index is 2120. The van der Waals surface area contributed by atoms with E-state index >= 15 is 0 Å². The number of hydrogen-bond donors (Lipinski definition) is 0. The molecule has 0 unspecified atom stereocenters. The summed E-state index contributed by atoms with van der Waals surface area (Å²) in [6, 6.07) is 46.5. The number of hydrogen-bond acceptors (Lipinski definition) is 4. The summed E-state index contributed by atoms with van der Waals surface area (Å²) in [5, 5.41) is 4.79. The fourth-order valence-corrected chi connectivity index (χ4v) is 6.93. The number of para-hydroxylation sites is 1. The molecule has 7 heteroatoms. The Hall–Kier alpha value is -4.82. The van der Waals surface area contributed by atoms with Crippen LogP contribution in [0, 0.1) is 32.6 Å². The van der Waals surface area contributed by atoms with Gasteiger partial charge < -0.3 is 14.6 Å². The van der Waals surface area contributed by atoms with Crippen molar-refractivity contribution in [3.8, 4) is 27.9 Å². The minimum atomic E-state index is -0.0141. The second-order valence-corrected chi connectivity index (χ2v) is 11.6. The van der Waals surface area contributed by atoms with E-state index in [0.717, 1.165) is 45.4 Å². The zero-order valence-electron chi connectivity index (χ0n) is 24.8. The Morgan fingerprint density at radius 1 is 0.622 bits per heavy atom. The van der Waals surface area contributed by atoms with Crippen LogP contribution >= 0.6 is 0 Å². The van der Waals surface area contributed by atoms with Crippen LogP contribution in [0.1, 0.15) is 11.4 Å². The number of rotatable bonds is 3. The first-order chi connectivity index (χ1) is 21.6. The maximum absolute atomic E-state index is 4.79. The van der Waals surface area contributed by atoms with Gasteiger partial charge in [0.05, 0.1) is 5.69 Å². The van der Waals surface area contributed by atoms with Crippen molar-refractivity contribution < 1.29 is 20.4 Å². The van der Waals surface area contributed by atoms with E-state index in [1.54, 1.807) is 0 Å². The largest absolute Gasteiger partial charge is 0.500 e. The van der Waals surface area contributed by atoms with Crippen LogP contribution in [0.15, 0.2) is 122 Å². The number of anilines is 4. The first kappa shape index (κ1) is 27.7. The van der Waals surface area contributed by atoms with Gasteiger partial charge in [0.2, 0.25) is 0 Å². The van der Waals surface area contributed by atoms with E-state index in [-0.39, 0.29) is 27.3 Å². The zero-order chi connectivity index (χ0) is 29.4. The third-order valence-corrected chi connectivity index (χ3v) is 8.86. The van der Waals surface area contributed by atoms with Crippen LogP contribution < -0.4 is 25.5 Å². The number of aromatic nitrogens is 2. The summed E-state index contributed by atoms with van der Waals surface area (Å²) < 4.78 is 1.99. The molecular weight excluding hydrogens is 644 g/mol. The minimum absolute atomic E-state index is 0. The summed E-state index contributed by atoms with van der Waals surface area (Å²) in [5.74, 6) is 0. The van der Waals surface area contributed by atoms with Crippen LogP contribution in [-0.2, 0) is 20.4 Å². The molecule has 9 rings (SSSR count). The van der Waals surface area contributed by atoms with E-state index in [2.05, 4.69) is 156 Å². The summed E-state index contributed by atoms with van der Waals surface area (Å²) >= 11 is 0. The van der Waals surface area contributed by atoms with Gasteiger partial charge in [-0.15, -0.1) is 47.7 Å². The van der Waals surface area contributed by atoms with Gasteiger partial charge in [-0.2, -0.15) is 17.2 Å². The van der Waals surface area contributed by atoms with Gasteiger partial charge in [0, 0.05) is 31.8 Å². The molecule has 6 aromatic rings. The molecule has 5 nitrogen and oxygen atoms in total. The van der Waals surface area contributed by atoms with Gasteiger partial charge >= 0.3 is 6.85 Å². The molecule has 0 bridgehead atoms. The molecule has 0 amide bonds. The summed E-state index contributed by atoms with van der Waals surface area (Å²) in [6.07, 6.45) is 4.17. The normalized spacial score (nSPS) is 13.9. The Morgan fingerprint density at radius 3 is 1.84 bits per heavy atom. The minimum Gasteiger partial charge on any atom is -0.500 e. The molecule has 0 fully saturated rings. The van der Waals surface area contributed by atoms with Crippen LogP contribution in [0.5, 0.6) is 0 Å². The smallest absolute Gasteiger partial charge is 0.324 e. The molecule has 1 aromatic heterocycles. The number of aryl methyl sites for hydroxylation is 2. The Labute approximate surface area is 277 Å². The van der Waals surface area contributed by atoms with Crippen molar-refractivity contribution in [3.63, 3.8) is 0 Å². The quantitative estimate of drug-likeness (QED) is 0.151. The average Bonchev–Trinajstić information content (AvgIpc) is 3.70. The van der Waals surface area contributed by atoms with Crippen molar-refractivity contribution in [2.45, 2.75) is 13.8 Å². The van der Waals surface area contributed by atoms with Crippen molar-refractivity contribution >= 4 is 40.5 Å². The van der Waals surface area contributed by atoms with E-state index in [9.17, 15) is 0 Å². The average molecular weight is 671 g/mol. The fraction of sp³-hybridized carbons (Fsp3) is 0.0526. The van der Waals surface area contributed by atoms with Crippen LogP contribution in [0.2, 0.25) is 0 Å². The molecule has 0 N–H and O–H groups in total. The van der Waals surface area contributed by atoms with Crippen molar-refractivity contribution in [1.29, 1.82) is 0 Å². The van der Waals surface area contributed by atoms with Gasteiger partial charge in [0.25, 0.3) is 0 Å². The van der Waals surface area contributed by atoms with Gasteiger partial charge in [-0.1, -0.05) is 100 Å². The van der Waals surface area contributed by atoms with Crippen molar-refractivity contribution in [2.75, 3.05) is 14.6 Å². The van der Waals surface area contributed by atoms with Crippen molar-refractivity contribution in [2.24, 2.45) is 0 Å². The Balaban J connectivity index is 0.00000300. The van der Waals surface area contributed by atoms with E-state index in [1.807, 2.05) is 17.7 Å². The summed E-state index contributed by atoms with van der Waals surface area (Å²) in [4.78, 5) is 6.71. The number of fused-ring (bicyclic) bond motifs is 11. The Kier molecular flexibility index (Phi) is 6.57. The molecule has 0 spiro atoms. The molecule has 3 aliphatic rings. The van der Waals surface area contributed by atoms with Crippen LogP contribution in [0.3, 0.4) is 0 Å². The standard InChI is InChI=1S/C38H27BN5.Pd/c1-26-22-27(2)44(40-26)30-17-19-34-32-13-7-9-15-36(32)39-35-14-8-6-12-31(35)33-18-16-29(23-37(33)43(39)38(34)24-30)42-21-20-41(25-42)28-10-4-3-5-11-28;/h3-22,25H,1-2H3;/q-3;. The van der Waals surface area contributed by atoms with E-state index in [1.165, 1.54) is 27.6 Å². The topological polar surface area (TPSA) is 27.5 Å². The first-order valence-electron chi connectivity index (χ1n) is 14.9. The molecule has 220 valence electrons. The number of benzene rings is 5. The molecule has 4 heterocycles. The SMILES string of the molecule is Cc1cc(C)n(-c2[c-]c3c(cc2)-c2ccccc2B2c4ccccc4-c4ccc(N5C=CN(c6ccccc6)[CH-]5)[c-]c4N23)n1.[Pd]. The zero-order valence-corrected chi connectivity index (χ0v) is 26.3. The second-order valence-electron chi connectivity index (χ2n) is 11.6. The number of nitrogens with zero attached hydrogens (tertiary/aromatic N) is 5. The maximum Gasteiger partial charge on any atom is 0.324 e. The summed E-state index contributed by atoms with van der Waals surface area (Å²) in [6.45, 7) is 6.22. The molecule has 0 aliphatic carbocycles. The molecule has 45 heavy (non-hydrogen) atoms. The first-order valence-corrected chi connectivity index (χ1v) is 14.9. The van der Waals surface area contributed by atoms with Crippen molar-refractivity contribution in [1.82, 2.24) is 9.78 Å². The van der Waals surface area contributed by atoms with Crippen molar-refractivity contribution in [3.05, 3.63) is 152 Å². The van der Waals surface area contributed by atoms with Crippen LogP contribution in [-0.4, -0.2) is 16.6 Å². The second kappa shape index (κ2) is 10.7. The molecular formula is C38H27BN5Pd-3. The van der Waals surface area contributed by atoms with Gasteiger partial charge in [0.15, 0.2) is 0 Å². The van der Waals surface area contributed by atoms with Crippen LogP contribution in [0.25, 0.3) is 27.9 Å². The van der Waals surface area contributed by atoms with E-state index < -0.39 is 0 Å². The molecule has 0 saturated carbocycles. The maximum atomic E-state index is 4.79. The van der Waals surface area contributed by atoms with Gasteiger partial charge in [-0.3, -0.25) is 4.68 Å². The molecule has 0 atom stereocenters. The van der Waals surface area contributed by atoms with Gasteiger partial charge in [0.1, 0.15) is 0 Å². The fourth-order valence-electron chi connectivity index (χ4n) is 6.93. The third kappa shape index (κ3) is 4.30. The van der Waals surface area contributed by atoms with Crippen LogP contribution in [0.4, 0.5) is 22.7 Å². The predicted molar refractivity (Wildman–Crippen MR) is 180 cm³/mol. The molecule has 5 aromatic carbocycles. The van der Waals surface area contributed by atoms with E-state index in [4.69, 9.17) is 5.10 Å². The Morgan fingerprint density at radius 2 is 1.20 bits per heavy atom. The monoisotopic (exact) mass is 670 g/mol. The van der Waals surface area contributed by atoms with Gasteiger partial charge in [-0.05, 0) is 50.1 Å². The predicted octanol–water partition coefficient (Wildman–Crippen LogP) is 6.91. The third-order valence-electron chi connectivity index (χ3n) is 8.86.